The number of esters is 1. The van der Waals surface area contributed by atoms with Crippen LogP contribution in [-0.4, -0.2) is 54.9 Å². The monoisotopic (exact) mass is 453 g/mol. The van der Waals surface area contributed by atoms with Crippen molar-refractivity contribution in [3.8, 4) is 0 Å². The highest BCUT2D eigenvalue weighted by Crippen LogP contribution is 2.32. The van der Waals surface area contributed by atoms with Gasteiger partial charge in [-0.05, 0) is 46.5 Å². The van der Waals surface area contributed by atoms with E-state index < -0.39 is 16.0 Å². The summed E-state index contributed by atoms with van der Waals surface area (Å²) in [4.78, 5) is 25.2. The minimum Gasteiger partial charge on any atom is -0.462 e. The van der Waals surface area contributed by atoms with Crippen LogP contribution >= 0.6 is 0 Å². The van der Waals surface area contributed by atoms with Gasteiger partial charge in [-0.3, -0.25) is 4.79 Å². The second kappa shape index (κ2) is 9.73. The van der Waals surface area contributed by atoms with Gasteiger partial charge >= 0.3 is 5.97 Å². The fraction of sp³-hybridized carbons (Fsp3) is 0.727. The molecule has 1 aliphatic heterocycles. The predicted molar refractivity (Wildman–Crippen MR) is 117 cm³/mol. The van der Waals surface area contributed by atoms with Crippen LogP contribution in [0.1, 0.15) is 73.6 Å². The molecule has 1 N–H and O–H groups in total. The highest BCUT2D eigenvalue weighted by atomic mass is 32.2. The Morgan fingerprint density at radius 1 is 1.03 bits per heavy atom. The number of carbonyl (C=O) groups excluding carboxylic acids is 2. The Kier molecular flexibility index (Phi) is 7.47. The van der Waals surface area contributed by atoms with Gasteiger partial charge in [-0.2, -0.15) is 4.31 Å². The van der Waals surface area contributed by atoms with Crippen LogP contribution in [0.25, 0.3) is 0 Å². The van der Waals surface area contributed by atoms with Crippen LogP contribution < -0.4 is 5.32 Å². The van der Waals surface area contributed by atoms with Gasteiger partial charge in [0, 0.05) is 43.5 Å². The lowest BCUT2D eigenvalue weighted by Crippen LogP contribution is -2.45. The Bertz CT molecular complexity index is 923. The molecule has 1 saturated carbocycles. The van der Waals surface area contributed by atoms with Gasteiger partial charge in [0.15, 0.2) is 0 Å². The summed E-state index contributed by atoms with van der Waals surface area (Å²) in [6.07, 6.45) is 6.56. The van der Waals surface area contributed by atoms with E-state index in [-0.39, 0.29) is 48.0 Å². The number of nitrogens with zero attached hydrogens (tertiary/aromatic N) is 2. The van der Waals surface area contributed by atoms with Crippen molar-refractivity contribution in [1.82, 2.24) is 14.2 Å². The van der Waals surface area contributed by atoms with Crippen LogP contribution in [0.4, 0.5) is 0 Å². The number of nitrogens with one attached hydrogen (secondary N) is 1. The SMILES string of the molecule is CCOC(=O)c1c(S(=O)(=O)N2CCC(C(=O)NC3CCCCC3)CC2)c(C)n(C)c1C. The van der Waals surface area contributed by atoms with Gasteiger partial charge in [-0.25, -0.2) is 13.2 Å². The zero-order valence-corrected chi connectivity index (χ0v) is 19.9. The summed E-state index contributed by atoms with van der Waals surface area (Å²) in [7, 11) is -2.14. The molecule has 0 unspecified atom stereocenters. The summed E-state index contributed by atoms with van der Waals surface area (Å²) in [5.74, 6) is -0.747. The van der Waals surface area contributed by atoms with Crippen LogP contribution in [0, 0.1) is 19.8 Å². The quantitative estimate of drug-likeness (QED) is 0.668. The number of aromatic nitrogens is 1. The Labute approximate surface area is 185 Å². The molecule has 174 valence electrons. The average molecular weight is 454 g/mol. The first kappa shape index (κ1) is 23.8. The zero-order chi connectivity index (χ0) is 22.8. The van der Waals surface area contributed by atoms with Crippen LogP contribution in [0.15, 0.2) is 4.90 Å². The number of ether oxygens (including phenoxy) is 1. The molecule has 31 heavy (non-hydrogen) atoms. The summed E-state index contributed by atoms with van der Waals surface area (Å²) in [6.45, 7) is 5.82. The lowest BCUT2D eigenvalue weighted by atomic mass is 9.93. The molecule has 1 aromatic heterocycles. The van der Waals surface area contributed by atoms with E-state index in [0.29, 0.717) is 24.2 Å². The highest BCUT2D eigenvalue weighted by Gasteiger charge is 2.38. The first-order valence-corrected chi connectivity index (χ1v) is 12.8. The van der Waals surface area contributed by atoms with Gasteiger partial charge < -0.3 is 14.6 Å². The molecule has 2 aliphatic rings. The molecule has 1 amide bonds. The van der Waals surface area contributed by atoms with Crippen LogP contribution in [0.3, 0.4) is 0 Å². The highest BCUT2D eigenvalue weighted by molar-refractivity contribution is 7.89. The van der Waals surface area contributed by atoms with Gasteiger partial charge in [-0.15, -0.1) is 0 Å². The van der Waals surface area contributed by atoms with Crippen LogP contribution in [-0.2, 0) is 26.6 Å². The van der Waals surface area contributed by atoms with Gasteiger partial charge in [0.25, 0.3) is 0 Å². The third-order valence-electron chi connectivity index (χ3n) is 6.78. The number of amides is 1. The second-order valence-electron chi connectivity index (χ2n) is 8.68. The molecule has 0 atom stereocenters. The third-order valence-corrected chi connectivity index (χ3v) is 8.84. The molecule has 0 aromatic carbocycles. The lowest BCUT2D eigenvalue weighted by Gasteiger charge is -2.32. The fourth-order valence-corrected chi connectivity index (χ4v) is 6.68. The van der Waals surface area contributed by atoms with E-state index in [1.54, 1.807) is 32.4 Å². The molecular formula is C22H35N3O5S. The minimum absolute atomic E-state index is 0.0241. The minimum atomic E-state index is -3.88. The van der Waals surface area contributed by atoms with E-state index in [4.69, 9.17) is 4.74 Å². The van der Waals surface area contributed by atoms with E-state index in [1.807, 2.05) is 0 Å². The standard InChI is InChI=1S/C22H35N3O5S/c1-5-30-22(27)19-15(2)24(4)16(3)20(19)31(28,29)25-13-11-17(12-14-25)21(26)23-18-9-7-6-8-10-18/h17-18H,5-14H2,1-4H3,(H,23,26). The smallest absolute Gasteiger partial charge is 0.341 e. The molecule has 0 radical (unpaired) electrons. The van der Waals surface area contributed by atoms with Crippen LogP contribution in [0.2, 0.25) is 0 Å². The molecule has 0 spiro atoms. The van der Waals surface area contributed by atoms with E-state index in [2.05, 4.69) is 5.32 Å². The summed E-state index contributed by atoms with van der Waals surface area (Å²) in [6, 6.07) is 0.255. The fourth-order valence-electron chi connectivity index (χ4n) is 4.73. The Balaban J connectivity index is 1.74. The lowest BCUT2D eigenvalue weighted by molar-refractivity contribution is -0.127. The largest absolute Gasteiger partial charge is 0.462 e. The Morgan fingerprint density at radius 2 is 1.65 bits per heavy atom. The number of carbonyl (C=O) groups is 2. The van der Waals surface area contributed by atoms with Crippen molar-refractivity contribution in [2.75, 3.05) is 19.7 Å². The maximum absolute atomic E-state index is 13.5. The van der Waals surface area contributed by atoms with Crippen molar-refractivity contribution in [2.45, 2.75) is 76.7 Å². The van der Waals surface area contributed by atoms with Crippen molar-refractivity contribution in [3.05, 3.63) is 17.0 Å². The molecule has 2 fully saturated rings. The molecule has 1 aliphatic carbocycles. The second-order valence-corrected chi connectivity index (χ2v) is 10.6. The van der Waals surface area contributed by atoms with Crippen molar-refractivity contribution < 1.29 is 22.7 Å². The Morgan fingerprint density at radius 3 is 2.23 bits per heavy atom. The van der Waals surface area contributed by atoms with Crippen molar-refractivity contribution >= 4 is 21.9 Å². The third kappa shape index (κ3) is 4.82. The van der Waals surface area contributed by atoms with Crippen molar-refractivity contribution in [2.24, 2.45) is 13.0 Å². The average Bonchev–Trinajstić information content (AvgIpc) is 2.99. The molecule has 2 heterocycles. The zero-order valence-electron chi connectivity index (χ0n) is 19.1. The predicted octanol–water partition coefficient (Wildman–Crippen LogP) is 2.67. The number of hydrogen-bond acceptors (Lipinski definition) is 5. The normalized spacial score (nSPS) is 19.4. The number of rotatable bonds is 6. The van der Waals surface area contributed by atoms with Gasteiger partial charge in [0.2, 0.25) is 15.9 Å². The van der Waals surface area contributed by atoms with E-state index in [1.165, 1.54) is 10.7 Å². The summed E-state index contributed by atoms with van der Waals surface area (Å²) < 4.78 is 35.3. The molecule has 0 bridgehead atoms. The number of hydrogen-bond donors (Lipinski definition) is 1. The number of sulfonamides is 1. The van der Waals surface area contributed by atoms with E-state index >= 15 is 0 Å². The molecule has 1 aromatic rings. The van der Waals surface area contributed by atoms with E-state index in [0.717, 1.165) is 25.7 Å². The molecule has 9 heteroatoms. The topological polar surface area (TPSA) is 97.7 Å². The maximum Gasteiger partial charge on any atom is 0.341 e. The van der Waals surface area contributed by atoms with Gasteiger partial charge in [0.1, 0.15) is 10.5 Å². The molecule has 3 rings (SSSR count). The van der Waals surface area contributed by atoms with Crippen molar-refractivity contribution in [3.63, 3.8) is 0 Å². The van der Waals surface area contributed by atoms with Crippen LogP contribution in [0.5, 0.6) is 0 Å². The van der Waals surface area contributed by atoms with E-state index in [9.17, 15) is 18.0 Å². The van der Waals surface area contributed by atoms with Gasteiger partial charge in [0.05, 0.1) is 6.61 Å². The van der Waals surface area contributed by atoms with Gasteiger partial charge in [-0.1, -0.05) is 19.3 Å². The maximum atomic E-state index is 13.5. The Hall–Kier alpha value is -1.87. The molecule has 8 nitrogen and oxygen atoms in total. The number of piperidine rings is 1. The van der Waals surface area contributed by atoms with Crippen molar-refractivity contribution in [1.29, 1.82) is 0 Å². The summed E-state index contributed by atoms with van der Waals surface area (Å²) >= 11 is 0. The summed E-state index contributed by atoms with van der Waals surface area (Å²) in [5.41, 5.74) is 1.19. The molecular weight excluding hydrogens is 418 g/mol. The summed E-state index contributed by atoms with van der Waals surface area (Å²) in [5, 5.41) is 3.16. The molecule has 1 saturated heterocycles. The first-order chi connectivity index (χ1) is 14.7. The first-order valence-electron chi connectivity index (χ1n) is 11.3.